The Labute approximate surface area is 108 Å². The average Bonchev–Trinajstić information content (AvgIpc) is 2.77. The van der Waals surface area contributed by atoms with Crippen LogP contribution in [0.5, 0.6) is 0 Å². The summed E-state index contributed by atoms with van der Waals surface area (Å²) < 4.78 is 0. The highest BCUT2D eigenvalue weighted by Crippen LogP contribution is 2.32. The molecule has 2 rings (SSSR count). The summed E-state index contributed by atoms with van der Waals surface area (Å²) in [6, 6.07) is 6.59. The van der Waals surface area contributed by atoms with Gasteiger partial charge in [-0.15, -0.1) is 0 Å². The van der Waals surface area contributed by atoms with Crippen molar-refractivity contribution in [2.45, 2.75) is 39.3 Å². The molecule has 0 spiro atoms. The van der Waals surface area contributed by atoms with Crippen molar-refractivity contribution in [2.75, 3.05) is 11.4 Å². The van der Waals surface area contributed by atoms with Gasteiger partial charge in [0.05, 0.1) is 6.61 Å². The molecule has 1 aliphatic heterocycles. The van der Waals surface area contributed by atoms with Crippen LogP contribution in [0, 0.1) is 5.92 Å². The van der Waals surface area contributed by atoms with Crippen molar-refractivity contribution in [2.24, 2.45) is 5.92 Å². The topological polar surface area (TPSA) is 23.5 Å². The van der Waals surface area contributed by atoms with Crippen molar-refractivity contribution in [3.63, 3.8) is 0 Å². The highest BCUT2D eigenvalue weighted by atomic mass is 35.5. The summed E-state index contributed by atoms with van der Waals surface area (Å²) in [5.41, 5.74) is 1.99. The lowest BCUT2D eigenvalue weighted by molar-refractivity contribution is 0.282. The lowest BCUT2D eigenvalue weighted by Crippen LogP contribution is -2.33. The molecule has 1 atom stereocenters. The molecule has 0 bridgehead atoms. The van der Waals surface area contributed by atoms with Crippen LogP contribution in [-0.2, 0) is 6.61 Å². The third-order valence-electron chi connectivity index (χ3n) is 3.61. The van der Waals surface area contributed by atoms with Crippen LogP contribution in [0.2, 0.25) is 5.02 Å². The Morgan fingerprint density at radius 2 is 2.24 bits per heavy atom. The van der Waals surface area contributed by atoms with Crippen LogP contribution < -0.4 is 4.90 Å². The van der Waals surface area contributed by atoms with Gasteiger partial charge in [0.15, 0.2) is 0 Å². The van der Waals surface area contributed by atoms with Gasteiger partial charge in [0.1, 0.15) is 0 Å². The van der Waals surface area contributed by atoms with Crippen molar-refractivity contribution in [1.29, 1.82) is 0 Å². The van der Waals surface area contributed by atoms with Crippen LogP contribution in [0.4, 0.5) is 5.69 Å². The number of nitrogens with zero attached hydrogens (tertiary/aromatic N) is 1. The average molecular weight is 254 g/mol. The van der Waals surface area contributed by atoms with Crippen LogP contribution in [0.3, 0.4) is 0 Å². The fourth-order valence-corrected chi connectivity index (χ4v) is 2.88. The molecule has 94 valence electrons. The van der Waals surface area contributed by atoms with E-state index in [-0.39, 0.29) is 6.61 Å². The molecule has 0 amide bonds. The summed E-state index contributed by atoms with van der Waals surface area (Å²) in [6.07, 6.45) is 2.51. The summed E-state index contributed by atoms with van der Waals surface area (Å²) in [6.45, 7) is 5.66. The van der Waals surface area contributed by atoms with E-state index in [0.29, 0.717) is 17.0 Å². The first-order valence-electron chi connectivity index (χ1n) is 6.29. The Bertz CT molecular complexity index is 392. The maximum Gasteiger partial charge on any atom is 0.0696 e. The Morgan fingerprint density at radius 3 is 2.82 bits per heavy atom. The van der Waals surface area contributed by atoms with E-state index in [2.05, 4.69) is 24.8 Å². The lowest BCUT2D eigenvalue weighted by atomic mass is 10.0. The molecule has 1 aromatic rings. The molecular weight excluding hydrogens is 234 g/mol. The maximum absolute atomic E-state index is 9.12. The van der Waals surface area contributed by atoms with E-state index in [9.17, 15) is 0 Å². The number of hydrogen-bond acceptors (Lipinski definition) is 2. The van der Waals surface area contributed by atoms with Crippen LogP contribution in [0.25, 0.3) is 0 Å². The van der Waals surface area contributed by atoms with Gasteiger partial charge in [-0.2, -0.15) is 0 Å². The van der Waals surface area contributed by atoms with Gasteiger partial charge in [0, 0.05) is 23.3 Å². The normalized spacial score (nSPS) is 20.3. The van der Waals surface area contributed by atoms with Gasteiger partial charge in [0.25, 0.3) is 0 Å². The molecule has 1 heterocycles. The second kappa shape index (κ2) is 5.28. The summed E-state index contributed by atoms with van der Waals surface area (Å²) in [5.74, 6) is 0.661. The lowest BCUT2D eigenvalue weighted by Gasteiger charge is -2.30. The molecule has 3 heteroatoms. The fourth-order valence-electron chi connectivity index (χ4n) is 2.65. The monoisotopic (exact) mass is 253 g/mol. The molecule has 0 aliphatic carbocycles. The van der Waals surface area contributed by atoms with Crippen molar-refractivity contribution in [3.05, 3.63) is 28.8 Å². The summed E-state index contributed by atoms with van der Waals surface area (Å²) in [5, 5.41) is 9.78. The largest absolute Gasteiger partial charge is 0.392 e. The van der Waals surface area contributed by atoms with E-state index in [1.165, 1.54) is 18.5 Å². The Balaban J connectivity index is 2.24. The van der Waals surface area contributed by atoms with E-state index >= 15 is 0 Å². The number of anilines is 1. The standard InChI is InChI=1S/C14H20ClNO/c1-10(2)14-4-3-7-16(14)12-6-5-11(9-17)13(15)8-12/h5-6,8,10,14,17H,3-4,7,9H2,1-2H3. The van der Waals surface area contributed by atoms with Crippen LogP contribution in [0.1, 0.15) is 32.3 Å². The first kappa shape index (κ1) is 12.7. The minimum absolute atomic E-state index is 0.00667. The zero-order chi connectivity index (χ0) is 12.4. The maximum atomic E-state index is 9.12. The van der Waals surface area contributed by atoms with E-state index in [0.717, 1.165) is 12.1 Å². The Kier molecular flexibility index (Phi) is 3.95. The minimum Gasteiger partial charge on any atom is -0.392 e. The zero-order valence-corrected chi connectivity index (χ0v) is 11.2. The number of halogens is 1. The van der Waals surface area contributed by atoms with Crippen molar-refractivity contribution < 1.29 is 5.11 Å². The predicted molar refractivity (Wildman–Crippen MR) is 72.6 cm³/mol. The first-order chi connectivity index (χ1) is 8.13. The van der Waals surface area contributed by atoms with E-state index < -0.39 is 0 Å². The molecule has 2 nitrogen and oxygen atoms in total. The number of rotatable bonds is 3. The molecule has 17 heavy (non-hydrogen) atoms. The van der Waals surface area contributed by atoms with E-state index in [1.54, 1.807) is 0 Å². The highest BCUT2D eigenvalue weighted by molar-refractivity contribution is 6.31. The van der Waals surface area contributed by atoms with Crippen LogP contribution in [-0.4, -0.2) is 17.7 Å². The van der Waals surface area contributed by atoms with E-state index in [1.807, 2.05) is 12.1 Å². The molecule has 0 radical (unpaired) electrons. The number of aliphatic hydroxyl groups excluding tert-OH is 1. The Morgan fingerprint density at radius 1 is 1.47 bits per heavy atom. The second-order valence-electron chi connectivity index (χ2n) is 5.08. The van der Waals surface area contributed by atoms with Gasteiger partial charge in [-0.1, -0.05) is 31.5 Å². The Hall–Kier alpha value is -0.730. The van der Waals surface area contributed by atoms with Gasteiger partial charge in [-0.3, -0.25) is 0 Å². The van der Waals surface area contributed by atoms with Gasteiger partial charge in [0.2, 0.25) is 0 Å². The molecule has 0 aromatic heterocycles. The summed E-state index contributed by atoms with van der Waals surface area (Å²) >= 11 is 6.15. The van der Waals surface area contributed by atoms with Gasteiger partial charge in [-0.05, 0) is 36.5 Å². The molecule has 1 N–H and O–H groups in total. The zero-order valence-electron chi connectivity index (χ0n) is 10.5. The van der Waals surface area contributed by atoms with Crippen LogP contribution in [0.15, 0.2) is 18.2 Å². The third-order valence-corrected chi connectivity index (χ3v) is 3.96. The molecule has 1 aliphatic rings. The smallest absolute Gasteiger partial charge is 0.0696 e. The molecule has 1 unspecified atom stereocenters. The molecule has 1 aromatic carbocycles. The molecule has 1 fully saturated rings. The van der Waals surface area contributed by atoms with Crippen LogP contribution >= 0.6 is 11.6 Å². The molecular formula is C14H20ClNO. The first-order valence-corrected chi connectivity index (χ1v) is 6.67. The fraction of sp³-hybridized carbons (Fsp3) is 0.571. The quantitative estimate of drug-likeness (QED) is 0.892. The second-order valence-corrected chi connectivity index (χ2v) is 5.49. The predicted octanol–water partition coefficient (Wildman–Crippen LogP) is 3.46. The summed E-state index contributed by atoms with van der Waals surface area (Å²) in [7, 11) is 0. The van der Waals surface area contributed by atoms with E-state index in [4.69, 9.17) is 16.7 Å². The minimum atomic E-state index is 0.00667. The van der Waals surface area contributed by atoms with Crippen molar-refractivity contribution in [1.82, 2.24) is 0 Å². The van der Waals surface area contributed by atoms with Crippen molar-refractivity contribution in [3.8, 4) is 0 Å². The molecule has 1 saturated heterocycles. The summed E-state index contributed by atoms with van der Waals surface area (Å²) in [4.78, 5) is 2.44. The van der Waals surface area contributed by atoms with Gasteiger partial charge in [-0.25, -0.2) is 0 Å². The van der Waals surface area contributed by atoms with Gasteiger partial charge >= 0.3 is 0 Å². The third kappa shape index (κ3) is 2.58. The highest BCUT2D eigenvalue weighted by Gasteiger charge is 2.27. The SMILES string of the molecule is CC(C)C1CCCN1c1ccc(CO)c(Cl)c1. The van der Waals surface area contributed by atoms with Gasteiger partial charge < -0.3 is 10.0 Å². The number of aliphatic hydroxyl groups is 1. The number of hydrogen-bond donors (Lipinski definition) is 1. The molecule has 0 saturated carbocycles. The number of benzene rings is 1. The van der Waals surface area contributed by atoms with Crippen molar-refractivity contribution >= 4 is 17.3 Å².